The molecule has 0 atom stereocenters. The van der Waals surface area contributed by atoms with Gasteiger partial charge in [0.05, 0.1) is 6.61 Å². The van der Waals surface area contributed by atoms with E-state index in [9.17, 15) is 4.79 Å². The van der Waals surface area contributed by atoms with E-state index >= 15 is 0 Å². The first kappa shape index (κ1) is 16.0. The molecular weight excluding hydrogens is 214 g/mol. The average molecular weight is 241 g/mol. The zero-order valence-corrected chi connectivity index (χ0v) is 11.4. The minimum atomic E-state index is -0.241. The number of hydrogen-bond acceptors (Lipinski definition) is 2. The van der Waals surface area contributed by atoms with E-state index in [1.54, 1.807) is 14.1 Å². The van der Waals surface area contributed by atoms with Gasteiger partial charge in [-0.2, -0.15) is 0 Å². The van der Waals surface area contributed by atoms with Crippen LogP contribution in [0.15, 0.2) is 12.7 Å². The molecule has 0 spiro atoms. The van der Waals surface area contributed by atoms with Gasteiger partial charge in [0.25, 0.3) is 0 Å². The molecular formula is C14H27NO2. The number of carbonyl (C=O) groups is 1. The molecule has 0 heterocycles. The molecule has 0 aromatic rings. The molecule has 0 aliphatic heterocycles. The molecule has 0 aliphatic rings. The van der Waals surface area contributed by atoms with Crippen LogP contribution >= 0.6 is 0 Å². The zero-order valence-electron chi connectivity index (χ0n) is 11.4. The second-order valence-electron chi connectivity index (χ2n) is 4.56. The molecule has 0 bridgehead atoms. The van der Waals surface area contributed by atoms with Gasteiger partial charge >= 0.3 is 6.09 Å². The van der Waals surface area contributed by atoms with Gasteiger partial charge in [0.1, 0.15) is 0 Å². The summed E-state index contributed by atoms with van der Waals surface area (Å²) in [7, 11) is 3.40. The number of allylic oxidation sites excluding steroid dienone is 1. The van der Waals surface area contributed by atoms with E-state index in [-0.39, 0.29) is 6.09 Å². The molecule has 0 fully saturated rings. The first-order valence-electron chi connectivity index (χ1n) is 6.63. The number of amides is 1. The van der Waals surface area contributed by atoms with Crippen LogP contribution in [-0.4, -0.2) is 31.7 Å². The summed E-state index contributed by atoms with van der Waals surface area (Å²) in [5.41, 5.74) is 0. The van der Waals surface area contributed by atoms with E-state index in [2.05, 4.69) is 6.58 Å². The van der Waals surface area contributed by atoms with Crippen molar-refractivity contribution >= 4 is 6.09 Å². The Balaban J connectivity index is 3.08. The molecule has 0 saturated heterocycles. The van der Waals surface area contributed by atoms with Crippen molar-refractivity contribution in [3.8, 4) is 0 Å². The smallest absolute Gasteiger partial charge is 0.409 e. The Labute approximate surface area is 106 Å². The van der Waals surface area contributed by atoms with Crippen molar-refractivity contribution in [2.24, 2.45) is 0 Å². The molecule has 0 unspecified atom stereocenters. The second kappa shape index (κ2) is 11.5. The summed E-state index contributed by atoms with van der Waals surface area (Å²) in [5, 5.41) is 0. The lowest BCUT2D eigenvalue weighted by Gasteiger charge is -2.10. The fraction of sp³-hybridized carbons (Fsp3) is 0.786. The molecule has 0 aliphatic carbocycles. The van der Waals surface area contributed by atoms with E-state index in [1.165, 1.54) is 37.0 Å². The number of unbranched alkanes of at least 4 members (excludes halogenated alkanes) is 7. The van der Waals surface area contributed by atoms with Crippen LogP contribution in [-0.2, 0) is 4.74 Å². The molecule has 0 N–H and O–H groups in total. The number of carbonyl (C=O) groups excluding carboxylic acids is 1. The maximum Gasteiger partial charge on any atom is 0.409 e. The highest BCUT2D eigenvalue weighted by Gasteiger charge is 2.02. The highest BCUT2D eigenvalue weighted by molar-refractivity contribution is 5.66. The van der Waals surface area contributed by atoms with Gasteiger partial charge in [-0.15, -0.1) is 6.58 Å². The van der Waals surface area contributed by atoms with Gasteiger partial charge in [0.2, 0.25) is 0 Å². The van der Waals surface area contributed by atoms with Gasteiger partial charge in [-0.3, -0.25) is 0 Å². The van der Waals surface area contributed by atoms with Crippen LogP contribution < -0.4 is 0 Å². The highest BCUT2D eigenvalue weighted by Crippen LogP contribution is 2.08. The zero-order chi connectivity index (χ0) is 12.9. The third-order valence-electron chi connectivity index (χ3n) is 2.64. The quantitative estimate of drug-likeness (QED) is 0.427. The molecule has 0 saturated carbocycles. The van der Waals surface area contributed by atoms with E-state index in [4.69, 9.17) is 4.74 Å². The number of ether oxygens (including phenoxy) is 1. The van der Waals surface area contributed by atoms with Gasteiger partial charge in [-0.1, -0.05) is 38.2 Å². The van der Waals surface area contributed by atoms with E-state index < -0.39 is 0 Å². The molecule has 3 heteroatoms. The van der Waals surface area contributed by atoms with Crippen molar-refractivity contribution in [2.75, 3.05) is 20.7 Å². The van der Waals surface area contributed by atoms with Crippen molar-refractivity contribution in [3.63, 3.8) is 0 Å². The lowest BCUT2D eigenvalue weighted by molar-refractivity contribution is 0.116. The Hall–Kier alpha value is -0.990. The summed E-state index contributed by atoms with van der Waals surface area (Å²) in [6.07, 6.45) is 11.4. The van der Waals surface area contributed by atoms with Crippen molar-refractivity contribution in [3.05, 3.63) is 12.7 Å². The van der Waals surface area contributed by atoms with E-state index in [0.29, 0.717) is 6.61 Å². The predicted octanol–water partition coefficient (Wildman–Crippen LogP) is 3.99. The van der Waals surface area contributed by atoms with Crippen molar-refractivity contribution in [1.82, 2.24) is 4.90 Å². The maximum atomic E-state index is 11.1. The maximum absolute atomic E-state index is 11.1. The predicted molar refractivity (Wildman–Crippen MR) is 72.2 cm³/mol. The third kappa shape index (κ3) is 11.3. The second-order valence-corrected chi connectivity index (χ2v) is 4.56. The first-order chi connectivity index (χ1) is 8.18. The van der Waals surface area contributed by atoms with Gasteiger partial charge in [0, 0.05) is 14.1 Å². The monoisotopic (exact) mass is 241 g/mol. The number of nitrogens with zero attached hydrogens (tertiary/aromatic N) is 1. The molecule has 0 rings (SSSR count). The highest BCUT2D eigenvalue weighted by atomic mass is 16.6. The number of rotatable bonds is 10. The summed E-state index contributed by atoms with van der Waals surface area (Å²) in [4.78, 5) is 12.5. The third-order valence-corrected chi connectivity index (χ3v) is 2.64. The van der Waals surface area contributed by atoms with Gasteiger partial charge in [-0.25, -0.2) is 4.79 Å². The van der Waals surface area contributed by atoms with E-state index in [0.717, 1.165) is 19.3 Å². The van der Waals surface area contributed by atoms with Crippen LogP contribution in [0.2, 0.25) is 0 Å². The van der Waals surface area contributed by atoms with Gasteiger partial charge in [-0.05, 0) is 19.3 Å². The molecule has 0 radical (unpaired) electrons. The van der Waals surface area contributed by atoms with Crippen LogP contribution in [0.25, 0.3) is 0 Å². The standard InChI is InChI=1S/C14H27NO2/c1-4-5-6-7-8-9-10-11-12-13-17-14(16)15(2)3/h4H,1,5-13H2,2-3H3. The Bertz CT molecular complexity index is 202. The molecule has 17 heavy (non-hydrogen) atoms. The molecule has 0 aromatic heterocycles. The summed E-state index contributed by atoms with van der Waals surface area (Å²) in [6, 6.07) is 0. The van der Waals surface area contributed by atoms with Crippen LogP contribution in [0.1, 0.15) is 51.4 Å². The largest absolute Gasteiger partial charge is 0.449 e. The average Bonchev–Trinajstić information content (AvgIpc) is 2.31. The lowest BCUT2D eigenvalue weighted by Crippen LogP contribution is -2.23. The summed E-state index contributed by atoms with van der Waals surface area (Å²) >= 11 is 0. The van der Waals surface area contributed by atoms with Crippen molar-refractivity contribution in [2.45, 2.75) is 51.4 Å². The van der Waals surface area contributed by atoms with Crippen LogP contribution in [0.5, 0.6) is 0 Å². The molecule has 0 aromatic carbocycles. The SMILES string of the molecule is C=CCCCCCCCCCOC(=O)N(C)C. The normalized spacial score (nSPS) is 10.0. The molecule has 3 nitrogen and oxygen atoms in total. The minimum Gasteiger partial charge on any atom is -0.449 e. The number of hydrogen-bond donors (Lipinski definition) is 0. The Morgan fingerprint density at radius 1 is 1.06 bits per heavy atom. The fourth-order valence-electron chi connectivity index (χ4n) is 1.56. The van der Waals surface area contributed by atoms with Crippen molar-refractivity contribution in [1.29, 1.82) is 0 Å². The van der Waals surface area contributed by atoms with Crippen LogP contribution in [0, 0.1) is 0 Å². The summed E-state index contributed by atoms with van der Waals surface area (Å²) in [6.45, 7) is 4.26. The van der Waals surface area contributed by atoms with Gasteiger partial charge < -0.3 is 9.64 Å². The fourth-order valence-corrected chi connectivity index (χ4v) is 1.56. The van der Waals surface area contributed by atoms with E-state index in [1.807, 2.05) is 6.08 Å². The Morgan fingerprint density at radius 3 is 2.12 bits per heavy atom. The molecule has 1 amide bonds. The topological polar surface area (TPSA) is 29.5 Å². The lowest BCUT2D eigenvalue weighted by atomic mass is 10.1. The summed E-state index contributed by atoms with van der Waals surface area (Å²) in [5.74, 6) is 0. The van der Waals surface area contributed by atoms with Crippen molar-refractivity contribution < 1.29 is 9.53 Å². The summed E-state index contributed by atoms with van der Waals surface area (Å²) < 4.78 is 5.04. The van der Waals surface area contributed by atoms with Crippen LogP contribution in [0.3, 0.4) is 0 Å². The first-order valence-corrected chi connectivity index (χ1v) is 6.63. The van der Waals surface area contributed by atoms with Gasteiger partial charge in [0.15, 0.2) is 0 Å². The minimum absolute atomic E-state index is 0.241. The Kier molecular flexibility index (Phi) is 10.8. The Morgan fingerprint density at radius 2 is 1.59 bits per heavy atom. The molecule has 100 valence electrons. The van der Waals surface area contributed by atoms with Crippen LogP contribution in [0.4, 0.5) is 4.79 Å².